The van der Waals surface area contributed by atoms with Crippen molar-refractivity contribution in [2.24, 2.45) is 5.92 Å². The summed E-state index contributed by atoms with van der Waals surface area (Å²) in [6, 6.07) is 12.0. The maximum absolute atomic E-state index is 12.7. The van der Waals surface area contributed by atoms with Gasteiger partial charge in [-0.2, -0.15) is 5.10 Å². The van der Waals surface area contributed by atoms with Crippen LogP contribution >= 0.6 is 0 Å². The number of aromatic nitrogens is 4. The molecule has 1 saturated carbocycles. The summed E-state index contributed by atoms with van der Waals surface area (Å²) in [6.07, 6.45) is 10.8. The van der Waals surface area contributed by atoms with Crippen LogP contribution in [0, 0.1) is 12.8 Å². The molecule has 3 aromatic heterocycles. The number of benzene rings is 1. The molecule has 1 aliphatic carbocycles. The standard InChI is InChI=1S/C28H29N5O2/c1-18-13-21(6-7-23(18)27(34)14-19-4-5-19)26-17-31-28-25(30-16-22-3-2-12-35-22)15-24(32-33(26)28)20-8-10-29-11-9-20/h6-11,13,15,17,19,22,30H,2-5,12,14,16H2,1H3/t22-/m1/s1. The van der Waals surface area contributed by atoms with E-state index < -0.39 is 0 Å². The minimum absolute atomic E-state index is 0.213. The number of hydrogen-bond acceptors (Lipinski definition) is 6. The number of pyridine rings is 1. The highest BCUT2D eigenvalue weighted by atomic mass is 16.5. The first-order valence-corrected chi connectivity index (χ1v) is 12.4. The molecule has 0 bridgehead atoms. The van der Waals surface area contributed by atoms with E-state index in [-0.39, 0.29) is 11.9 Å². The van der Waals surface area contributed by atoms with Gasteiger partial charge in [0.25, 0.3) is 0 Å². The number of Topliss-reactive ketones (excluding diaryl/α,β-unsaturated/α-hetero) is 1. The number of nitrogens with one attached hydrogen (secondary N) is 1. The van der Waals surface area contributed by atoms with Crippen LogP contribution in [0.1, 0.15) is 48.0 Å². The minimum Gasteiger partial charge on any atom is -0.379 e. The van der Waals surface area contributed by atoms with Gasteiger partial charge in [0.05, 0.1) is 29.4 Å². The number of ether oxygens (including phenoxy) is 1. The molecule has 35 heavy (non-hydrogen) atoms. The Kier molecular flexibility index (Phi) is 5.78. The third-order valence-electron chi connectivity index (χ3n) is 6.98. The lowest BCUT2D eigenvalue weighted by Gasteiger charge is -2.14. The lowest BCUT2D eigenvalue weighted by Crippen LogP contribution is -2.19. The van der Waals surface area contributed by atoms with Crippen molar-refractivity contribution in [2.45, 2.75) is 45.1 Å². The Labute approximate surface area is 204 Å². The molecule has 2 fully saturated rings. The molecule has 1 saturated heterocycles. The van der Waals surface area contributed by atoms with Crippen LogP contribution in [0.3, 0.4) is 0 Å². The fourth-order valence-corrected chi connectivity index (χ4v) is 4.82. The average molecular weight is 468 g/mol. The van der Waals surface area contributed by atoms with Crippen molar-refractivity contribution in [3.63, 3.8) is 0 Å². The molecule has 0 radical (unpaired) electrons. The molecule has 4 aromatic rings. The quantitative estimate of drug-likeness (QED) is 0.352. The molecule has 0 spiro atoms. The molecule has 7 nitrogen and oxygen atoms in total. The molecule has 1 aliphatic heterocycles. The number of carbonyl (C=O) groups is 1. The van der Waals surface area contributed by atoms with E-state index in [9.17, 15) is 4.79 Å². The van der Waals surface area contributed by atoms with E-state index in [2.05, 4.69) is 16.4 Å². The fraction of sp³-hybridized carbons (Fsp3) is 0.357. The van der Waals surface area contributed by atoms with Gasteiger partial charge in [-0.05, 0) is 68.4 Å². The van der Waals surface area contributed by atoms with Gasteiger partial charge in [0.2, 0.25) is 0 Å². The molecular weight excluding hydrogens is 438 g/mol. The summed E-state index contributed by atoms with van der Waals surface area (Å²) in [5.41, 5.74) is 7.19. The molecule has 4 heterocycles. The molecule has 1 N–H and O–H groups in total. The van der Waals surface area contributed by atoms with Gasteiger partial charge in [-0.15, -0.1) is 0 Å². The number of aryl methyl sites for hydroxylation is 1. The van der Waals surface area contributed by atoms with Crippen LogP contribution < -0.4 is 5.32 Å². The number of anilines is 1. The van der Waals surface area contributed by atoms with E-state index in [1.807, 2.05) is 48.0 Å². The van der Waals surface area contributed by atoms with Crippen molar-refractivity contribution in [1.29, 1.82) is 0 Å². The summed E-state index contributed by atoms with van der Waals surface area (Å²) in [6.45, 7) is 3.57. The van der Waals surface area contributed by atoms with Crippen molar-refractivity contribution < 1.29 is 9.53 Å². The van der Waals surface area contributed by atoms with Gasteiger partial charge in [0.1, 0.15) is 0 Å². The van der Waals surface area contributed by atoms with Crippen LogP contribution in [0.5, 0.6) is 0 Å². The highest BCUT2D eigenvalue weighted by molar-refractivity contribution is 5.98. The number of carbonyl (C=O) groups excluding carboxylic acids is 1. The van der Waals surface area contributed by atoms with E-state index in [0.29, 0.717) is 12.3 Å². The van der Waals surface area contributed by atoms with Gasteiger partial charge in [0, 0.05) is 48.7 Å². The van der Waals surface area contributed by atoms with Crippen LogP contribution in [0.4, 0.5) is 5.69 Å². The van der Waals surface area contributed by atoms with Crippen molar-refractivity contribution >= 4 is 17.1 Å². The molecular formula is C28H29N5O2. The second-order valence-corrected chi connectivity index (χ2v) is 9.67. The largest absolute Gasteiger partial charge is 0.379 e. The van der Waals surface area contributed by atoms with E-state index in [0.717, 1.165) is 71.0 Å². The number of fused-ring (bicyclic) bond motifs is 1. The van der Waals surface area contributed by atoms with Crippen LogP contribution in [0.25, 0.3) is 28.2 Å². The van der Waals surface area contributed by atoms with E-state index in [4.69, 9.17) is 14.8 Å². The van der Waals surface area contributed by atoms with Crippen molar-refractivity contribution in [3.05, 3.63) is 66.1 Å². The predicted octanol–water partition coefficient (Wildman–Crippen LogP) is 5.34. The van der Waals surface area contributed by atoms with Crippen LogP contribution in [-0.4, -0.2) is 44.6 Å². The second-order valence-electron chi connectivity index (χ2n) is 9.67. The zero-order valence-electron chi connectivity index (χ0n) is 19.9. The maximum atomic E-state index is 12.7. The van der Waals surface area contributed by atoms with Crippen LogP contribution in [0.2, 0.25) is 0 Å². The molecule has 0 amide bonds. The summed E-state index contributed by atoms with van der Waals surface area (Å²) in [5, 5.41) is 8.50. The number of nitrogens with zero attached hydrogens (tertiary/aromatic N) is 4. The van der Waals surface area contributed by atoms with E-state index in [1.165, 1.54) is 12.8 Å². The van der Waals surface area contributed by atoms with Gasteiger partial charge >= 0.3 is 0 Å². The van der Waals surface area contributed by atoms with Crippen LogP contribution in [0.15, 0.2) is 55.0 Å². The van der Waals surface area contributed by atoms with Gasteiger partial charge < -0.3 is 10.1 Å². The lowest BCUT2D eigenvalue weighted by atomic mass is 9.98. The highest BCUT2D eigenvalue weighted by Gasteiger charge is 2.26. The number of ketones is 1. The maximum Gasteiger partial charge on any atom is 0.177 e. The number of rotatable bonds is 8. The minimum atomic E-state index is 0.213. The average Bonchev–Trinajstić information content (AvgIpc) is 3.35. The summed E-state index contributed by atoms with van der Waals surface area (Å²) < 4.78 is 7.70. The Morgan fingerprint density at radius 2 is 1.97 bits per heavy atom. The first-order valence-electron chi connectivity index (χ1n) is 12.4. The summed E-state index contributed by atoms with van der Waals surface area (Å²) in [7, 11) is 0. The number of imidazole rings is 1. The Balaban J connectivity index is 1.39. The predicted molar refractivity (Wildman–Crippen MR) is 136 cm³/mol. The summed E-state index contributed by atoms with van der Waals surface area (Å²) in [5.74, 6) is 0.824. The molecule has 1 atom stereocenters. The van der Waals surface area contributed by atoms with Crippen LogP contribution in [-0.2, 0) is 4.74 Å². The highest BCUT2D eigenvalue weighted by Crippen LogP contribution is 2.34. The Bertz CT molecular complexity index is 1370. The smallest absolute Gasteiger partial charge is 0.177 e. The fourth-order valence-electron chi connectivity index (χ4n) is 4.82. The first-order chi connectivity index (χ1) is 17.2. The second kappa shape index (κ2) is 9.23. The third-order valence-corrected chi connectivity index (χ3v) is 6.98. The van der Waals surface area contributed by atoms with Gasteiger partial charge in [0.15, 0.2) is 11.4 Å². The molecule has 1 aromatic carbocycles. The van der Waals surface area contributed by atoms with Gasteiger partial charge in [-0.1, -0.05) is 12.1 Å². The topological polar surface area (TPSA) is 81.4 Å². The summed E-state index contributed by atoms with van der Waals surface area (Å²) in [4.78, 5) is 21.6. The van der Waals surface area contributed by atoms with Gasteiger partial charge in [-0.25, -0.2) is 9.50 Å². The number of hydrogen-bond donors (Lipinski definition) is 1. The zero-order chi connectivity index (χ0) is 23.8. The van der Waals surface area contributed by atoms with E-state index in [1.54, 1.807) is 12.4 Å². The molecule has 7 heteroatoms. The van der Waals surface area contributed by atoms with E-state index >= 15 is 0 Å². The SMILES string of the molecule is Cc1cc(-c2cnc3c(NC[C@H]4CCCO4)cc(-c4ccncc4)nn23)ccc1C(=O)CC1CC1. The lowest BCUT2D eigenvalue weighted by molar-refractivity contribution is 0.0975. The normalized spacial score (nSPS) is 17.7. The first kappa shape index (κ1) is 21.9. The molecule has 6 rings (SSSR count). The Hall–Kier alpha value is -3.58. The summed E-state index contributed by atoms with van der Waals surface area (Å²) >= 11 is 0. The van der Waals surface area contributed by atoms with Crippen molar-refractivity contribution in [2.75, 3.05) is 18.5 Å². The Morgan fingerprint density at radius 1 is 1.11 bits per heavy atom. The molecule has 2 aliphatic rings. The zero-order valence-corrected chi connectivity index (χ0v) is 19.9. The monoisotopic (exact) mass is 467 g/mol. The Morgan fingerprint density at radius 3 is 2.71 bits per heavy atom. The third kappa shape index (κ3) is 4.56. The molecule has 0 unspecified atom stereocenters. The van der Waals surface area contributed by atoms with Crippen molar-refractivity contribution in [3.8, 4) is 22.5 Å². The van der Waals surface area contributed by atoms with Crippen molar-refractivity contribution in [1.82, 2.24) is 19.6 Å². The molecule has 178 valence electrons. The van der Waals surface area contributed by atoms with Gasteiger partial charge in [-0.3, -0.25) is 9.78 Å².